The van der Waals surface area contributed by atoms with Crippen molar-refractivity contribution in [2.24, 2.45) is 0 Å². The number of rotatable bonds is 8. The van der Waals surface area contributed by atoms with Crippen LogP contribution in [0.15, 0.2) is 36.4 Å². The predicted octanol–water partition coefficient (Wildman–Crippen LogP) is 3.02. The molecule has 0 amide bonds. The molecule has 1 atom stereocenters. The van der Waals surface area contributed by atoms with Crippen molar-refractivity contribution < 1.29 is 19.4 Å². The molecule has 110 valence electrons. The van der Waals surface area contributed by atoms with E-state index in [2.05, 4.69) is 11.3 Å². The van der Waals surface area contributed by atoms with E-state index < -0.39 is 6.10 Å². The Morgan fingerprint density at radius 3 is 2.55 bits per heavy atom. The number of benzene rings is 1. The summed E-state index contributed by atoms with van der Waals surface area (Å²) in [6, 6.07) is 7.30. The smallest absolute Gasteiger partial charge is 0.305 e. The number of ether oxygens (including phenoxy) is 2. The summed E-state index contributed by atoms with van der Waals surface area (Å²) in [4.78, 5) is 11.0. The van der Waals surface area contributed by atoms with Gasteiger partial charge in [-0.1, -0.05) is 18.7 Å². The van der Waals surface area contributed by atoms with Crippen LogP contribution in [0.2, 0.25) is 0 Å². The van der Waals surface area contributed by atoms with Gasteiger partial charge in [-0.15, -0.1) is 0 Å². The molecule has 1 aromatic carbocycles. The Kier molecular flexibility index (Phi) is 6.81. The highest BCUT2D eigenvalue weighted by Gasteiger charge is 2.09. The Morgan fingerprint density at radius 2 is 2.00 bits per heavy atom. The zero-order chi connectivity index (χ0) is 15.0. The highest BCUT2D eigenvalue weighted by molar-refractivity contribution is 5.68. The normalized spacial score (nSPS) is 11.8. The molecule has 1 N–H and O–H groups in total. The molecule has 0 radical (unpaired) electrons. The van der Waals surface area contributed by atoms with Gasteiger partial charge >= 0.3 is 5.97 Å². The number of carbonyl (C=O) groups excluding carboxylic acids is 1. The Hall–Kier alpha value is -1.81. The van der Waals surface area contributed by atoms with Crippen molar-refractivity contribution >= 4 is 5.97 Å². The molecular weight excluding hydrogens is 256 g/mol. The van der Waals surface area contributed by atoms with E-state index in [0.29, 0.717) is 25.9 Å². The van der Waals surface area contributed by atoms with Gasteiger partial charge < -0.3 is 14.6 Å². The summed E-state index contributed by atoms with van der Waals surface area (Å²) >= 11 is 0. The largest absolute Gasteiger partial charge is 0.489 e. The lowest BCUT2D eigenvalue weighted by atomic mass is 10.0. The Labute approximate surface area is 120 Å². The van der Waals surface area contributed by atoms with E-state index in [9.17, 15) is 9.90 Å². The molecule has 0 heterocycles. The van der Waals surface area contributed by atoms with Gasteiger partial charge in [0.1, 0.15) is 12.4 Å². The fraction of sp³-hybridized carbons (Fsp3) is 0.438. The van der Waals surface area contributed by atoms with E-state index in [4.69, 9.17) is 4.74 Å². The van der Waals surface area contributed by atoms with Crippen molar-refractivity contribution in [2.45, 2.75) is 32.3 Å². The molecule has 0 aliphatic heterocycles. The van der Waals surface area contributed by atoms with E-state index in [1.54, 1.807) is 0 Å². The second kappa shape index (κ2) is 8.38. The number of aliphatic hydroxyl groups excluding tert-OH is 1. The van der Waals surface area contributed by atoms with Crippen molar-refractivity contribution in [3.05, 3.63) is 42.0 Å². The van der Waals surface area contributed by atoms with Crippen LogP contribution >= 0.6 is 0 Å². The van der Waals surface area contributed by atoms with E-state index in [0.717, 1.165) is 16.9 Å². The lowest BCUT2D eigenvalue weighted by molar-refractivity contribution is -0.140. The molecule has 0 aliphatic carbocycles. The predicted molar refractivity (Wildman–Crippen MR) is 77.6 cm³/mol. The molecule has 0 bridgehead atoms. The van der Waals surface area contributed by atoms with Crippen LogP contribution in [-0.4, -0.2) is 24.8 Å². The van der Waals surface area contributed by atoms with Gasteiger partial charge in [-0.2, -0.15) is 0 Å². The van der Waals surface area contributed by atoms with Crippen LogP contribution in [0.3, 0.4) is 0 Å². The van der Waals surface area contributed by atoms with Gasteiger partial charge in [-0.05, 0) is 43.0 Å². The Bertz CT molecular complexity index is 436. The van der Waals surface area contributed by atoms with Crippen molar-refractivity contribution in [2.75, 3.05) is 13.7 Å². The Balaban J connectivity index is 2.42. The minimum atomic E-state index is -0.574. The topological polar surface area (TPSA) is 55.8 Å². The number of aliphatic hydroxyl groups is 1. The van der Waals surface area contributed by atoms with Gasteiger partial charge in [-0.3, -0.25) is 4.79 Å². The molecule has 4 heteroatoms. The third-order valence-corrected chi connectivity index (χ3v) is 2.84. The van der Waals surface area contributed by atoms with Gasteiger partial charge in [0.2, 0.25) is 0 Å². The van der Waals surface area contributed by atoms with E-state index >= 15 is 0 Å². The highest BCUT2D eigenvalue weighted by Crippen LogP contribution is 2.22. The van der Waals surface area contributed by atoms with Crippen molar-refractivity contribution in [1.82, 2.24) is 0 Å². The fourth-order valence-corrected chi connectivity index (χ4v) is 1.70. The van der Waals surface area contributed by atoms with Gasteiger partial charge in [-0.25, -0.2) is 0 Å². The van der Waals surface area contributed by atoms with Gasteiger partial charge in [0.05, 0.1) is 13.2 Å². The summed E-state index contributed by atoms with van der Waals surface area (Å²) in [5, 5.41) is 10.0. The van der Waals surface area contributed by atoms with Crippen LogP contribution in [0.5, 0.6) is 5.75 Å². The zero-order valence-corrected chi connectivity index (χ0v) is 12.1. The summed E-state index contributed by atoms with van der Waals surface area (Å²) in [6.45, 7) is 6.16. The van der Waals surface area contributed by atoms with Crippen LogP contribution in [0.4, 0.5) is 0 Å². The van der Waals surface area contributed by atoms with Crippen molar-refractivity contribution in [3.63, 3.8) is 0 Å². The maximum atomic E-state index is 11.0. The van der Waals surface area contributed by atoms with Crippen LogP contribution in [0.1, 0.15) is 37.9 Å². The maximum Gasteiger partial charge on any atom is 0.305 e. The average molecular weight is 278 g/mol. The lowest BCUT2D eigenvalue weighted by Crippen LogP contribution is -2.03. The molecule has 1 aromatic rings. The molecule has 4 nitrogen and oxygen atoms in total. The highest BCUT2D eigenvalue weighted by atomic mass is 16.5. The minimum Gasteiger partial charge on any atom is -0.489 e. The molecule has 0 aromatic heterocycles. The molecule has 0 aliphatic rings. The first-order valence-corrected chi connectivity index (χ1v) is 6.65. The summed E-state index contributed by atoms with van der Waals surface area (Å²) in [5.41, 5.74) is 1.77. The molecule has 0 spiro atoms. The standard InChI is InChI=1S/C16H22O4/c1-12(2)11-20-14-9-7-13(8-10-14)15(17)5-4-6-16(18)19-3/h7-10,15,17H,1,4-6,11H2,2-3H3. The number of carbonyl (C=O) groups is 1. The number of hydrogen-bond donors (Lipinski definition) is 1. The SMILES string of the molecule is C=C(C)COc1ccc(C(O)CCCC(=O)OC)cc1. The molecule has 0 fully saturated rings. The number of methoxy groups -OCH3 is 1. The van der Waals surface area contributed by atoms with Gasteiger partial charge in [0.15, 0.2) is 0 Å². The minimum absolute atomic E-state index is 0.249. The second-order valence-corrected chi connectivity index (χ2v) is 4.80. The lowest BCUT2D eigenvalue weighted by Gasteiger charge is -2.12. The molecule has 1 unspecified atom stereocenters. The van der Waals surface area contributed by atoms with E-state index in [1.165, 1.54) is 7.11 Å². The van der Waals surface area contributed by atoms with Crippen LogP contribution in [-0.2, 0) is 9.53 Å². The first-order chi connectivity index (χ1) is 9.52. The molecule has 1 rings (SSSR count). The summed E-state index contributed by atoms with van der Waals surface area (Å²) in [6.07, 6.45) is 0.880. The van der Waals surface area contributed by atoms with Gasteiger partial charge in [0.25, 0.3) is 0 Å². The molecule has 0 saturated heterocycles. The second-order valence-electron chi connectivity index (χ2n) is 4.80. The van der Waals surface area contributed by atoms with Crippen molar-refractivity contribution in [1.29, 1.82) is 0 Å². The molecule has 0 saturated carbocycles. The quantitative estimate of drug-likeness (QED) is 0.586. The molecule has 20 heavy (non-hydrogen) atoms. The van der Waals surface area contributed by atoms with Crippen LogP contribution in [0.25, 0.3) is 0 Å². The third kappa shape index (κ3) is 5.89. The van der Waals surface area contributed by atoms with Crippen LogP contribution in [0, 0.1) is 0 Å². The summed E-state index contributed by atoms with van der Waals surface area (Å²) in [5.74, 6) is 0.499. The summed E-state index contributed by atoms with van der Waals surface area (Å²) < 4.78 is 10.0. The Morgan fingerprint density at radius 1 is 1.35 bits per heavy atom. The fourth-order valence-electron chi connectivity index (χ4n) is 1.70. The number of hydrogen-bond acceptors (Lipinski definition) is 4. The van der Waals surface area contributed by atoms with E-state index in [-0.39, 0.29) is 5.97 Å². The average Bonchev–Trinajstić information content (AvgIpc) is 2.45. The third-order valence-electron chi connectivity index (χ3n) is 2.84. The number of esters is 1. The maximum absolute atomic E-state index is 11.0. The molecular formula is C16H22O4. The van der Waals surface area contributed by atoms with E-state index in [1.807, 2.05) is 31.2 Å². The van der Waals surface area contributed by atoms with Crippen LogP contribution < -0.4 is 4.74 Å². The first kappa shape index (κ1) is 16.2. The monoisotopic (exact) mass is 278 g/mol. The summed E-state index contributed by atoms with van der Waals surface area (Å²) in [7, 11) is 1.36. The zero-order valence-electron chi connectivity index (χ0n) is 12.1. The first-order valence-electron chi connectivity index (χ1n) is 6.65. The van der Waals surface area contributed by atoms with Crippen molar-refractivity contribution in [3.8, 4) is 5.75 Å². The van der Waals surface area contributed by atoms with Gasteiger partial charge in [0, 0.05) is 6.42 Å².